The lowest BCUT2D eigenvalue weighted by atomic mass is 9.81. The Balaban J connectivity index is 1.32. The van der Waals surface area contributed by atoms with Gasteiger partial charge in [0.25, 0.3) is 0 Å². The minimum atomic E-state index is -0.604. The largest absolute Gasteiger partial charge is 0.497 e. The predicted octanol–water partition coefficient (Wildman–Crippen LogP) is 2.81. The fourth-order valence-electron chi connectivity index (χ4n) is 5.57. The summed E-state index contributed by atoms with van der Waals surface area (Å²) in [5.74, 6) is 0.580. The van der Waals surface area contributed by atoms with Crippen LogP contribution in [0.3, 0.4) is 0 Å². The van der Waals surface area contributed by atoms with Crippen LogP contribution in [0, 0.1) is 5.92 Å². The van der Waals surface area contributed by atoms with E-state index in [1.165, 1.54) is 19.2 Å². The van der Waals surface area contributed by atoms with Gasteiger partial charge >= 0.3 is 6.03 Å². The topological polar surface area (TPSA) is 103 Å². The molecule has 3 aliphatic rings. The van der Waals surface area contributed by atoms with Crippen molar-refractivity contribution in [1.29, 1.82) is 0 Å². The molecule has 0 radical (unpaired) electrons. The second-order valence-corrected chi connectivity index (χ2v) is 9.65. The van der Waals surface area contributed by atoms with E-state index in [2.05, 4.69) is 10.7 Å². The molecule has 5 rings (SSSR count). The smallest absolute Gasteiger partial charge is 0.337 e. The summed E-state index contributed by atoms with van der Waals surface area (Å²) in [6.45, 7) is 0.278. The number of rotatable bonds is 8. The van der Waals surface area contributed by atoms with Crippen LogP contribution < -0.4 is 20.2 Å². The molecule has 10 heteroatoms. The maximum absolute atomic E-state index is 13.5. The Morgan fingerprint density at radius 3 is 2.43 bits per heavy atom. The summed E-state index contributed by atoms with van der Waals surface area (Å²) in [5, 5.41) is 4.13. The van der Waals surface area contributed by atoms with Crippen LogP contribution in [0.5, 0.6) is 11.5 Å². The number of ether oxygens (including phenoxy) is 2. The van der Waals surface area contributed by atoms with Gasteiger partial charge in [-0.05, 0) is 24.8 Å². The SMILES string of the molecule is COc1cc(NC(=O)CN2NC3N(CCc4ccccc4)C(=O)C4CCCCC4N3C2=O)cc(OC)c1. The molecule has 2 aromatic rings. The highest BCUT2D eigenvalue weighted by atomic mass is 16.5. The highest BCUT2D eigenvalue weighted by molar-refractivity contribution is 5.95. The maximum atomic E-state index is 13.5. The summed E-state index contributed by atoms with van der Waals surface area (Å²) in [6, 6.07) is 14.6. The van der Waals surface area contributed by atoms with Crippen molar-refractivity contribution in [3.05, 3.63) is 54.1 Å². The lowest BCUT2D eigenvalue weighted by Gasteiger charge is -2.48. The summed E-state index contributed by atoms with van der Waals surface area (Å²) in [5.41, 5.74) is 4.78. The molecule has 4 amide bonds. The minimum Gasteiger partial charge on any atom is -0.497 e. The number of benzene rings is 2. The normalized spacial score (nSPS) is 23.0. The monoisotopic (exact) mass is 507 g/mol. The lowest BCUT2D eigenvalue weighted by Crippen LogP contribution is -2.66. The van der Waals surface area contributed by atoms with Crippen molar-refractivity contribution in [2.75, 3.05) is 32.6 Å². The van der Waals surface area contributed by atoms with E-state index in [4.69, 9.17) is 9.47 Å². The van der Waals surface area contributed by atoms with Crippen molar-refractivity contribution in [2.24, 2.45) is 5.92 Å². The third kappa shape index (κ3) is 5.06. The minimum absolute atomic E-state index is 0.0805. The van der Waals surface area contributed by atoms with Crippen LogP contribution in [0.4, 0.5) is 10.5 Å². The number of carbonyl (C=O) groups excluding carboxylic acids is 3. The Morgan fingerprint density at radius 1 is 1.03 bits per heavy atom. The fourth-order valence-corrected chi connectivity index (χ4v) is 5.57. The summed E-state index contributed by atoms with van der Waals surface area (Å²) in [4.78, 5) is 43.6. The third-order valence-electron chi connectivity index (χ3n) is 7.39. The molecule has 3 atom stereocenters. The average molecular weight is 508 g/mol. The number of hydrogen-bond donors (Lipinski definition) is 2. The Labute approximate surface area is 216 Å². The van der Waals surface area contributed by atoms with Gasteiger partial charge in [0.1, 0.15) is 18.0 Å². The molecule has 1 aliphatic carbocycles. The van der Waals surface area contributed by atoms with Gasteiger partial charge in [-0.2, -0.15) is 5.43 Å². The van der Waals surface area contributed by atoms with E-state index in [1.807, 2.05) is 30.3 Å². The van der Waals surface area contributed by atoms with Crippen molar-refractivity contribution in [2.45, 2.75) is 44.4 Å². The van der Waals surface area contributed by atoms with E-state index < -0.39 is 6.29 Å². The quantitative estimate of drug-likeness (QED) is 0.570. The summed E-state index contributed by atoms with van der Waals surface area (Å²) in [6.07, 6.45) is 3.61. The van der Waals surface area contributed by atoms with Crippen molar-refractivity contribution in [3.63, 3.8) is 0 Å². The molecule has 2 saturated heterocycles. The van der Waals surface area contributed by atoms with Crippen LogP contribution in [0.2, 0.25) is 0 Å². The molecule has 0 aromatic heterocycles. The number of methoxy groups -OCH3 is 2. The first-order valence-electron chi connectivity index (χ1n) is 12.7. The molecule has 37 heavy (non-hydrogen) atoms. The molecule has 196 valence electrons. The lowest BCUT2D eigenvalue weighted by molar-refractivity contribution is -0.156. The van der Waals surface area contributed by atoms with Gasteiger partial charge in [-0.15, -0.1) is 0 Å². The predicted molar refractivity (Wildman–Crippen MR) is 137 cm³/mol. The molecule has 2 N–H and O–H groups in total. The molecular weight excluding hydrogens is 474 g/mol. The van der Waals surface area contributed by atoms with Gasteiger partial charge in [0, 0.05) is 36.5 Å². The van der Waals surface area contributed by atoms with E-state index in [-0.39, 0.29) is 36.3 Å². The van der Waals surface area contributed by atoms with Crippen LogP contribution in [0.15, 0.2) is 48.5 Å². The van der Waals surface area contributed by atoms with E-state index in [0.29, 0.717) is 30.2 Å². The second kappa shape index (κ2) is 10.7. The van der Waals surface area contributed by atoms with Crippen molar-refractivity contribution >= 4 is 23.5 Å². The number of carbonyl (C=O) groups is 3. The first kappa shape index (κ1) is 24.9. The number of anilines is 1. The molecule has 2 aromatic carbocycles. The summed E-state index contributed by atoms with van der Waals surface area (Å²) >= 11 is 0. The number of nitrogens with one attached hydrogen (secondary N) is 2. The van der Waals surface area contributed by atoms with Gasteiger partial charge in [0.2, 0.25) is 11.8 Å². The highest BCUT2D eigenvalue weighted by Gasteiger charge is 2.54. The maximum Gasteiger partial charge on any atom is 0.337 e. The number of hydrazine groups is 1. The van der Waals surface area contributed by atoms with E-state index in [1.54, 1.807) is 28.0 Å². The van der Waals surface area contributed by atoms with Crippen LogP contribution in [-0.2, 0) is 16.0 Å². The van der Waals surface area contributed by atoms with Crippen LogP contribution in [-0.4, -0.2) is 72.3 Å². The molecule has 1 saturated carbocycles. The van der Waals surface area contributed by atoms with Gasteiger partial charge in [0.15, 0.2) is 6.29 Å². The Kier molecular flexibility index (Phi) is 7.18. The number of nitrogens with zero attached hydrogens (tertiary/aromatic N) is 3. The Morgan fingerprint density at radius 2 is 1.73 bits per heavy atom. The van der Waals surface area contributed by atoms with Crippen molar-refractivity contribution in [3.8, 4) is 11.5 Å². The first-order valence-corrected chi connectivity index (χ1v) is 12.7. The zero-order valence-electron chi connectivity index (χ0n) is 21.2. The molecular formula is C27H33N5O5. The van der Waals surface area contributed by atoms with Crippen LogP contribution in [0.1, 0.15) is 31.2 Å². The molecule has 2 aliphatic heterocycles. The van der Waals surface area contributed by atoms with Gasteiger partial charge in [-0.1, -0.05) is 43.2 Å². The van der Waals surface area contributed by atoms with Gasteiger partial charge in [-0.25, -0.2) is 9.80 Å². The first-order chi connectivity index (χ1) is 18.0. The number of fused-ring (bicyclic) bond motifs is 3. The molecule has 0 spiro atoms. The zero-order valence-corrected chi connectivity index (χ0v) is 21.2. The molecule has 3 unspecified atom stereocenters. The van der Waals surface area contributed by atoms with Gasteiger partial charge in [0.05, 0.1) is 20.1 Å². The number of urea groups is 1. The highest BCUT2D eigenvalue weighted by Crippen LogP contribution is 2.38. The second-order valence-electron chi connectivity index (χ2n) is 9.65. The number of hydrogen-bond acceptors (Lipinski definition) is 6. The van der Waals surface area contributed by atoms with Gasteiger partial charge in [-0.3, -0.25) is 14.5 Å². The molecule has 3 fully saturated rings. The van der Waals surface area contributed by atoms with E-state index in [0.717, 1.165) is 31.2 Å². The fraction of sp³-hybridized carbons (Fsp3) is 0.444. The van der Waals surface area contributed by atoms with Crippen molar-refractivity contribution in [1.82, 2.24) is 20.2 Å². The molecule has 2 heterocycles. The Bertz CT molecular complexity index is 1140. The summed E-state index contributed by atoms with van der Waals surface area (Å²) < 4.78 is 10.5. The van der Waals surface area contributed by atoms with Gasteiger partial charge < -0.3 is 19.7 Å². The average Bonchev–Trinajstić information content (AvgIpc) is 3.24. The standard InChI is InChI=1S/C27H33N5O5/c1-36-20-14-19(15-21(16-20)37-2)28-24(33)17-31-27(35)32-23-11-7-6-10-22(23)25(34)30(26(32)29-31)13-12-18-8-4-3-5-9-18/h3-5,8-9,14-16,22-23,26,29H,6-7,10-13,17H2,1-2H3,(H,28,33). The zero-order chi connectivity index (χ0) is 25.9. The molecule has 10 nitrogen and oxygen atoms in total. The third-order valence-corrected chi connectivity index (χ3v) is 7.39. The molecule has 0 bridgehead atoms. The van der Waals surface area contributed by atoms with Crippen LogP contribution >= 0.6 is 0 Å². The summed E-state index contributed by atoms with van der Waals surface area (Å²) in [7, 11) is 3.07. The van der Waals surface area contributed by atoms with Crippen molar-refractivity contribution < 1.29 is 23.9 Å². The Hall–Kier alpha value is -3.79. The van der Waals surface area contributed by atoms with E-state index >= 15 is 0 Å². The van der Waals surface area contributed by atoms with E-state index in [9.17, 15) is 14.4 Å². The number of amides is 4. The van der Waals surface area contributed by atoms with Crippen LogP contribution in [0.25, 0.3) is 0 Å².